The van der Waals surface area contributed by atoms with E-state index in [9.17, 15) is 4.39 Å². The number of rotatable bonds is 3. The molecule has 0 radical (unpaired) electrons. The summed E-state index contributed by atoms with van der Waals surface area (Å²) in [7, 11) is 12.3. The van der Waals surface area contributed by atoms with E-state index in [2.05, 4.69) is 221 Å². The highest BCUT2D eigenvalue weighted by molar-refractivity contribution is 5.33. The molecule has 0 aliphatic rings. The van der Waals surface area contributed by atoms with Gasteiger partial charge in [-0.1, -0.05) is 41.5 Å². The molecule has 6 heterocycles. The molecule has 7 heteroatoms. The van der Waals surface area contributed by atoms with Crippen LogP contribution in [-0.2, 0) is 42.3 Å². The lowest BCUT2D eigenvalue weighted by molar-refractivity contribution is 0.617. The average Bonchev–Trinajstić information content (AvgIpc) is 3.89. The van der Waals surface area contributed by atoms with Crippen molar-refractivity contribution in [3.05, 3.63) is 138 Å². The van der Waals surface area contributed by atoms with Crippen LogP contribution in [0.3, 0.4) is 0 Å². The minimum atomic E-state index is -0.101. The van der Waals surface area contributed by atoms with Crippen LogP contribution in [0.4, 0.5) is 4.39 Å². The van der Waals surface area contributed by atoms with E-state index in [1.807, 2.05) is 18.5 Å². The predicted molar refractivity (Wildman–Crippen MR) is 261 cm³/mol. The van der Waals surface area contributed by atoms with E-state index in [1.165, 1.54) is 90.3 Å². The molecule has 0 aromatic carbocycles. The van der Waals surface area contributed by atoms with Crippen molar-refractivity contribution >= 4 is 0 Å². The third-order valence-electron chi connectivity index (χ3n) is 13.0. The summed E-state index contributed by atoms with van der Waals surface area (Å²) in [5.74, 6) is 1.59. The van der Waals surface area contributed by atoms with E-state index in [1.54, 1.807) is 0 Å². The fourth-order valence-corrected chi connectivity index (χ4v) is 7.58. The molecule has 6 aromatic rings. The molecule has 0 N–H and O–H groups in total. The first-order valence-electron chi connectivity index (χ1n) is 21.8. The van der Waals surface area contributed by atoms with Crippen LogP contribution in [0.5, 0.6) is 0 Å². The lowest BCUT2D eigenvalue weighted by Gasteiger charge is -2.07. The first-order valence-corrected chi connectivity index (χ1v) is 21.8. The van der Waals surface area contributed by atoms with E-state index in [0.29, 0.717) is 17.8 Å². The molecular formula is C53H87FN6. The second kappa shape index (κ2) is 23.0. The Balaban J connectivity index is 0.000000361. The second-order valence-electron chi connectivity index (χ2n) is 18.3. The number of hydrogen-bond acceptors (Lipinski definition) is 0. The van der Waals surface area contributed by atoms with Gasteiger partial charge in [-0.15, -0.1) is 0 Å². The maximum absolute atomic E-state index is 12.9. The Morgan fingerprint density at radius 3 is 0.650 bits per heavy atom. The molecule has 0 bridgehead atoms. The monoisotopic (exact) mass is 827 g/mol. The largest absolute Gasteiger partial charge is 0.354 e. The Bertz CT molecular complexity index is 2020. The van der Waals surface area contributed by atoms with Gasteiger partial charge in [0.15, 0.2) is 0 Å². The smallest absolute Gasteiger partial charge is 0.144 e. The van der Waals surface area contributed by atoms with E-state index in [0.717, 1.165) is 11.3 Å². The number of hydrogen-bond donors (Lipinski definition) is 0. The first kappa shape index (κ1) is 53.6. The quantitative estimate of drug-likeness (QED) is 0.170. The summed E-state index contributed by atoms with van der Waals surface area (Å²) < 4.78 is 25.7. The average molecular weight is 827 g/mol. The topological polar surface area (TPSA) is 29.6 Å². The molecule has 0 fully saturated rings. The number of nitrogens with zero attached hydrogens (tertiary/aromatic N) is 6. The Morgan fingerprint density at radius 1 is 0.317 bits per heavy atom. The zero-order chi connectivity index (χ0) is 46.8. The van der Waals surface area contributed by atoms with Gasteiger partial charge in [-0.2, -0.15) is 0 Å². The van der Waals surface area contributed by atoms with Gasteiger partial charge in [-0.05, 0) is 170 Å². The van der Waals surface area contributed by atoms with Crippen LogP contribution in [-0.4, -0.2) is 27.4 Å². The van der Waals surface area contributed by atoms with Crippen LogP contribution in [0.2, 0.25) is 0 Å². The highest BCUT2D eigenvalue weighted by atomic mass is 19.1. The Morgan fingerprint density at radius 2 is 0.567 bits per heavy atom. The summed E-state index contributed by atoms with van der Waals surface area (Å²) in [6, 6.07) is 0. The molecule has 6 rings (SSSR count). The Labute approximate surface area is 367 Å². The summed E-state index contributed by atoms with van der Waals surface area (Å²) in [5.41, 5.74) is 23.0. The zero-order valence-corrected chi connectivity index (χ0v) is 43.3. The number of aryl methyl sites for hydroxylation is 9. The van der Waals surface area contributed by atoms with E-state index >= 15 is 0 Å². The van der Waals surface area contributed by atoms with Gasteiger partial charge in [-0.3, -0.25) is 0 Å². The van der Waals surface area contributed by atoms with Crippen molar-refractivity contribution < 1.29 is 4.39 Å². The molecule has 0 spiro atoms. The van der Waals surface area contributed by atoms with Crippen LogP contribution in [0.15, 0.2) is 37.2 Å². The molecule has 336 valence electrons. The fraction of sp³-hybridized carbons (Fsp3) is 0.547. The van der Waals surface area contributed by atoms with Gasteiger partial charge in [0, 0.05) is 119 Å². The SMILES string of the molecule is Cc1c(C(C)C)cn(C)c1C.Cc1c(C(C)C)cn(C)c1C.Cc1c(F)cn(C)c1C(C)C.Cc1cn(C)c(C)c1C.Cc1cn(C)c(C)c1C.Cc1cn(C)c(C)c1C. The van der Waals surface area contributed by atoms with E-state index < -0.39 is 0 Å². The fourth-order valence-electron chi connectivity index (χ4n) is 7.58. The van der Waals surface area contributed by atoms with Crippen molar-refractivity contribution in [3.8, 4) is 0 Å². The molecule has 6 aromatic heterocycles. The molecule has 0 aliphatic heterocycles. The van der Waals surface area contributed by atoms with Gasteiger partial charge < -0.3 is 27.4 Å². The van der Waals surface area contributed by atoms with E-state index in [4.69, 9.17) is 0 Å². The predicted octanol–water partition coefficient (Wildman–Crippen LogP) is 14.0. The van der Waals surface area contributed by atoms with Gasteiger partial charge in [0.1, 0.15) is 5.82 Å². The third-order valence-corrected chi connectivity index (χ3v) is 13.0. The minimum absolute atomic E-state index is 0.101. The molecule has 0 amide bonds. The van der Waals surface area contributed by atoms with Gasteiger partial charge in [-0.25, -0.2) is 4.39 Å². The van der Waals surface area contributed by atoms with Crippen molar-refractivity contribution in [2.45, 2.75) is 156 Å². The summed E-state index contributed by atoms with van der Waals surface area (Å²) in [6.45, 7) is 43.0. The lowest BCUT2D eigenvalue weighted by atomic mass is 10.0. The van der Waals surface area contributed by atoms with Crippen LogP contribution < -0.4 is 0 Å². The molecule has 0 aliphatic carbocycles. The highest BCUT2D eigenvalue weighted by Crippen LogP contribution is 2.24. The first-order chi connectivity index (χ1) is 27.5. The Kier molecular flexibility index (Phi) is 20.6. The molecule has 6 nitrogen and oxygen atoms in total. The maximum atomic E-state index is 12.9. The normalized spacial score (nSPS) is 10.7. The molecule has 60 heavy (non-hydrogen) atoms. The molecule has 0 saturated heterocycles. The number of halogens is 1. The summed E-state index contributed by atoms with van der Waals surface area (Å²) in [4.78, 5) is 0. The second-order valence-corrected chi connectivity index (χ2v) is 18.3. The summed E-state index contributed by atoms with van der Waals surface area (Å²) in [6.07, 6.45) is 12.5. The van der Waals surface area contributed by atoms with Crippen LogP contribution in [0.25, 0.3) is 0 Å². The van der Waals surface area contributed by atoms with Gasteiger partial charge in [0.2, 0.25) is 0 Å². The van der Waals surface area contributed by atoms with Crippen molar-refractivity contribution in [1.82, 2.24) is 27.4 Å². The lowest BCUT2D eigenvalue weighted by Crippen LogP contribution is -1.98. The van der Waals surface area contributed by atoms with Gasteiger partial charge in [0.05, 0.1) is 0 Å². The number of aromatic nitrogens is 6. The van der Waals surface area contributed by atoms with Gasteiger partial charge in [0.25, 0.3) is 0 Å². The van der Waals surface area contributed by atoms with Crippen LogP contribution in [0, 0.1) is 103 Å². The highest BCUT2D eigenvalue weighted by Gasteiger charge is 2.12. The van der Waals surface area contributed by atoms with Crippen LogP contribution in [0.1, 0.15) is 155 Å². The minimum Gasteiger partial charge on any atom is -0.354 e. The third kappa shape index (κ3) is 13.8. The summed E-state index contributed by atoms with van der Waals surface area (Å²) >= 11 is 0. The van der Waals surface area contributed by atoms with Gasteiger partial charge >= 0.3 is 0 Å². The Hall–Kier alpha value is -4.39. The van der Waals surface area contributed by atoms with Crippen molar-refractivity contribution in [2.75, 3.05) is 0 Å². The molecular weight excluding hydrogens is 740 g/mol. The summed E-state index contributed by atoms with van der Waals surface area (Å²) in [5, 5.41) is 0. The maximum Gasteiger partial charge on any atom is 0.144 e. The molecule has 0 saturated carbocycles. The molecule has 0 atom stereocenters. The van der Waals surface area contributed by atoms with Crippen molar-refractivity contribution in [1.29, 1.82) is 0 Å². The molecule has 0 unspecified atom stereocenters. The van der Waals surface area contributed by atoms with Crippen molar-refractivity contribution in [3.63, 3.8) is 0 Å². The van der Waals surface area contributed by atoms with E-state index in [-0.39, 0.29) is 5.82 Å². The van der Waals surface area contributed by atoms with Crippen LogP contribution >= 0.6 is 0 Å². The standard InChI is InChI=1S/2C10H17N.C9H14FN.3C8H13N/c2*1-7(2)10-6-11(5)9(4)8(10)3;1-6(2)9-7(3)8(10)5-11(9)4;3*1-6-5-9(4)8(3)7(6)2/h2*6-7H,1-5H3;5-6H,1-4H3;3*5H,1-4H3. The van der Waals surface area contributed by atoms with Crippen molar-refractivity contribution in [2.24, 2.45) is 42.3 Å². The zero-order valence-electron chi connectivity index (χ0n) is 43.3.